The van der Waals surface area contributed by atoms with Crippen LogP contribution in [0.1, 0.15) is 12.5 Å². The number of halogens is 3. The first-order valence-electron chi connectivity index (χ1n) is 8.95. The maximum absolute atomic E-state index is 12.5. The summed E-state index contributed by atoms with van der Waals surface area (Å²) in [4.78, 5) is 6.48. The lowest BCUT2D eigenvalue weighted by atomic mass is 10.1. The summed E-state index contributed by atoms with van der Waals surface area (Å²) in [5.41, 5.74) is 0.402. The first-order valence-corrected chi connectivity index (χ1v) is 8.95. The molecule has 6 nitrogen and oxygen atoms in total. The largest absolute Gasteiger partial charge is 0.573 e. The molecule has 2 N–H and O–H groups in total. The smallest absolute Gasteiger partial charge is 0.405 e. The van der Waals surface area contributed by atoms with E-state index in [4.69, 9.17) is 4.74 Å². The SMILES string of the molecule is CN=C(NCc1ccccc1OC(F)(F)F)NCC(C)CN1CCOCC1. The number of hydrogen-bond acceptors (Lipinski definition) is 4. The van der Waals surface area contributed by atoms with Crippen molar-refractivity contribution < 1.29 is 22.6 Å². The van der Waals surface area contributed by atoms with E-state index in [2.05, 4.69) is 32.2 Å². The van der Waals surface area contributed by atoms with Crippen LogP contribution < -0.4 is 15.4 Å². The molecule has 27 heavy (non-hydrogen) atoms. The van der Waals surface area contributed by atoms with Crippen LogP contribution in [0.15, 0.2) is 29.3 Å². The lowest BCUT2D eigenvalue weighted by molar-refractivity contribution is -0.274. The van der Waals surface area contributed by atoms with Gasteiger partial charge in [0.1, 0.15) is 5.75 Å². The topological polar surface area (TPSA) is 58.1 Å². The molecule has 152 valence electrons. The molecule has 1 atom stereocenters. The van der Waals surface area contributed by atoms with E-state index >= 15 is 0 Å². The lowest BCUT2D eigenvalue weighted by Gasteiger charge is -2.29. The fourth-order valence-corrected chi connectivity index (χ4v) is 2.83. The van der Waals surface area contributed by atoms with Crippen LogP contribution >= 0.6 is 0 Å². The van der Waals surface area contributed by atoms with E-state index in [1.807, 2.05) is 0 Å². The summed E-state index contributed by atoms with van der Waals surface area (Å²) < 4.78 is 46.9. The van der Waals surface area contributed by atoms with E-state index in [0.29, 0.717) is 24.0 Å². The zero-order chi connectivity index (χ0) is 19.7. The van der Waals surface area contributed by atoms with Gasteiger partial charge in [0, 0.05) is 45.3 Å². The van der Waals surface area contributed by atoms with Crippen molar-refractivity contribution in [3.05, 3.63) is 29.8 Å². The van der Waals surface area contributed by atoms with Gasteiger partial charge in [-0.05, 0) is 12.0 Å². The third kappa shape index (κ3) is 8.04. The number of aliphatic imine (C=N–C) groups is 1. The third-order valence-electron chi connectivity index (χ3n) is 4.16. The average molecular weight is 388 g/mol. The Labute approximate surface area is 157 Å². The van der Waals surface area contributed by atoms with Gasteiger partial charge in [-0.25, -0.2) is 0 Å². The summed E-state index contributed by atoms with van der Waals surface area (Å²) in [5, 5.41) is 6.24. The van der Waals surface area contributed by atoms with E-state index < -0.39 is 6.36 Å². The number of hydrogen-bond donors (Lipinski definition) is 2. The van der Waals surface area contributed by atoms with Crippen LogP contribution in [0.25, 0.3) is 0 Å². The van der Waals surface area contributed by atoms with E-state index in [1.54, 1.807) is 19.2 Å². The van der Waals surface area contributed by atoms with Crippen molar-refractivity contribution in [3.8, 4) is 5.75 Å². The van der Waals surface area contributed by atoms with E-state index in [0.717, 1.165) is 32.8 Å². The molecule has 1 aliphatic heterocycles. The summed E-state index contributed by atoms with van der Waals surface area (Å²) >= 11 is 0. The number of rotatable bonds is 7. The fourth-order valence-electron chi connectivity index (χ4n) is 2.83. The van der Waals surface area contributed by atoms with Crippen molar-refractivity contribution in [1.29, 1.82) is 0 Å². The van der Waals surface area contributed by atoms with Gasteiger partial charge in [-0.2, -0.15) is 0 Å². The van der Waals surface area contributed by atoms with E-state index in [9.17, 15) is 13.2 Å². The number of alkyl halides is 3. The minimum Gasteiger partial charge on any atom is -0.405 e. The van der Waals surface area contributed by atoms with Gasteiger partial charge in [0.2, 0.25) is 0 Å². The molecule has 0 aliphatic carbocycles. The van der Waals surface area contributed by atoms with Crippen LogP contribution in [0.3, 0.4) is 0 Å². The Bertz CT molecular complexity index is 605. The number of nitrogens with zero attached hydrogens (tertiary/aromatic N) is 2. The predicted molar refractivity (Wildman–Crippen MR) is 97.7 cm³/mol. The highest BCUT2D eigenvalue weighted by Crippen LogP contribution is 2.26. The highest BCUT2D eigenvalue weighted by Gasteiger charge is 2.31. The van der Waals surface area contributed by atoms with Crippen LogP contribution in [-0.4, -0.2) is 63.7 Å². The van der Waals surface area contributed by atoms with E-state index in [1.165, 1.54) is 12.1 Å². The van der Waals surface area contributed by atoms with Crippen LogP contribution in [-0.2, 0) is 11.3 Å². The Morgan fingerprint density at radius 3 is 2.63 bits per heavy atom. The second-order valence-corrected chi connectivity index (χ2v) is 6.48. The molecule has 1 aromatic carbocycles. The second-order valence-electron chi connectivity index (χ2n) is 6.48. The van der Waals surface area contributed by atoms with Crippen molar-refractivity contribution in [1.82, 2.24) is 15.5 Å². The van der Waals surface area contributed by atoms with Crippen LogP contribution in [0.2, 0.25) is 0 Å². The Morgan fingerprint density at radius 1 is 1.26 bits per heavy atom. The zero-order valence-corrected chi connectivity index (χ0v) is 15.7. The van der Waals surface area contributed by atoms with Crippen molar-refractivity contribution in [2.45, 2.75) is 19.8 Å². The number of para-hydroxylation sites is 1. The fraction of sp³-hybridized carbons (Fsp3) is 0.611. The van der Waals surface area contributed by atoms with Gasteiger partial charge >= 0.3 is 6.36 Å². The summed E-state index contributed by atoms with van der Waals surface area (Å²) in [5.74, 6) is 0.710. The Morgan fingerprint density at radius 2 is 1.96 bits per heavy atom. The Hall–Kier alpha value is -2.00. The molecule has 1 fully saturated rings. The van der Waals surface area contributed by atoms with Gasteiger partial charge in [0.05, 0.1) is 13.2 Å². The molecule has 1 aliphatic rings. The Kier molecular flexibility index (Phi) is 8.18. The molecule has 9 heteroatoms. The minimum absolute atomic E-state index is 0.170. The maximum Gasteiger partial charge on any atom is 0.573 e. The van der Waals surface area contributed by atoms with Crippen LogP contribution in [0, 0.1) is 5.92 Å². The quantitative estimate of drug-likeness (QED) is 0.554. The molecular weight excluding hydrogens is 361 g/mol. The molecule has 0 saturated carbocycles. The highest BCUT2D eigenvalue weighted by atomic mass is 19.4. The van der Waals surface area contributed by atoms with Crippen molar-refractivity contribution in [2.24, 2.45) is 10.9 Å². The van der Waals surface area contributed by atoms with Gasteiger partial charge in [0.25, 0.3) is 0 Å². The monoisotopic (exact) mass is 388 g/mol. The number of benzene rings is 1. The van der Waals surface area contributed by atoms with Gasteiger partial charge < -0.3 is 20.1 Å². The van der Waals surface area contributed by atoms with Crippen molar-refractivity contribution in [2.75, 3.05) is 46.4 Å². The standard InChI is InChI=1S/C18H27F3N4O2/c1-14(13-25-7-9-26-10-8-25)11-23-17(22-2)24-12-15-5-3-4-6-16(15)27-18(19,20)21/h3-6,14H,7-13H2,1-2H3,(H2,22,23,24). The molecule has 0 aromatic heterocycles. The number of guanidine groups is 1. The molecule has 1 saturated heterocycles. The summed E-state index contributed by atoms with van der Waals surface area (Å²) in [6, 6.07) is 6.05. The first kappa shape index (κ1) is 21.3. The van der Waals surface area contributed by atoms with Crippen molar-refractivity contribution >= 4 is 5.96 Å². The summed E-state index contributed by atoms with van der Waals surface area (Å²) in [6.45, 7) is 7.38. The predicted octanol–water partition coefficient (Wildman–Crippen LogP) is 2.22. The third-order valence-corrected chi connectivity index (χ3v) is 4.16. The van der Waals surface area contributed by atoms with Gasteiger partial charge in [0.15, 0.2) is 5.96 Å². The van der Waals surface area contributed by atoms with E-state index in [-0.39, 0.29) is 12.3 Å². The molecule has 1 unspecified atom stereocenters. The van der Waals surface area contributed by atoms with Crippen LogP contribution in [0.5, 0.6) is 5.75 Å². The number of nitrogens with one attached hydrogen (secondary N) is 2. The normalized spacial score (nSPS) is 17.4. The van der Waals surface area contributed by atoms with Gasteiger partial charge in [-0.3, -0.25) is 9.89 Å². The molecule has 0 spiro atoms. The average Bonchev–Trinajstić information content (AvgIpc) is 2.62. The second kappa shape index (κ2) is 10.4. The first-order chi connectivity index (χ1) is 12.9. The summed E-state index contributed by atoms with van der Waals surface area (Å²) in [6.07, 6.45) is -4.72. The molecule has 2 rings (SSSR count). The van der Waals surface area contributed by atoms with Crippen LogP contribution in [0.4, 0.5) is 13.2 Å². The Balaban J connectivity index is 1.80. The zero-order valence-electron chi connectivity index (χ0n) is 15.7. The molecular formula is C18H27F3N4O2. The highest BCUT2D eigenvalue weighted by molar-refractivity contribution is 5.79. The molecule has 0 radical (unpaired) electrons. The summed E-state index contributed by atoms with van der Waals surface area (Å²) in [7, 11) is 1.63. The molecule has 1 heterocycles. The molecule has 0 bridgehead atoms. The molecule has 1 aromatic rings. The maximum atomic E-state index is 12.5. The van der Waals surface area contributed by atoms with Gasteiger partial charge in [-0.15, -0.1) is 13.2 Å². The van der Waals surface area contributed by atoms with Gasteiger partial charge in [-0.1, -0.05) is 25.1 Å². The lowest BCUT2D eigenvalue weighted by Crippen LogP contribution is -2.43. The number of ether oxygens (including phenoxy) is 2. The van der Waals surface area contributed by atoms with Crippen molar-refractivity contribution in [3.63, 3.8) is 0 Å². The molecule has 0 amide bonds. The number of morpholine rings is 1. The minimum atomic E-state index is -4.72.